The second-order valence-corrected chi connectivity index (χ2v) is 8.87. The number of nitrogens with one attached hydrogen (secondary N) is 2. The second-order valence-electron chi connectivity index (χ2n) is 6.88. The van der Waals surface area contributed by atoms with E-state index in [1.807, 2.05) is 0 Å². The van der Waals surface area contributed by atoms with Gasteiger partial charge in [-0.1, -0.05) is 0 Å². The molecule has 0 saturated carbocycles. The van der Waals surface area contributed by atoms with Crippen molar-refractivity contribution in [1.29, 1.82) is 0 Å². The van der Waals surface area contributed by atoms with Crippen LogP contribution in [0.4, 0.5) is 5.69 Å². The molecule has 166 valence electrons. The van der Waals surface area contributed by atoms with Crippen molar-refractivity contribution in [2.24, 2.45) is 0 Å². The van der Waals surface area contributed by atoms with Crippen LogP contribution in [0.25, 0.3) is 6.08 Å². The van der Waals surface area contributed by atoms with E-state index in [2.05, 4.69) is 5.32 Å². The summed E-state index contributed by atoms with van der Waals surface area (Å²) in [6.45, 7) is 1.68. The molecule has 0 bridgehead atoms. The van der Waals surface area contributed by atoms with Gasteiger partial charge < -0.3 is 15.0 Å². The van der Waals surface area contributed by atoms with Gasteiger partial charge in [0.2, 0.25) is 5.91 Å². The molecule has 2 aromatic carbocycles. The summed E-state index contributed by atoms with van der Waals surface area (Å²) in [7, 11) is 0.987. The number of methoxy groups -OCH3 is 1. The van der Waals surface area contributed by atoms with Gasteiger partial charge in [-0.05, 0) is 60.5 Å². The van der Waals surface area contributed by atoms with Crippen LogP contribution in [0.5, 0.6) is 5.75 Å². The quantitative estimate of drug-likeness (QED) is 0.321. The van der Waals surface area contributed by atoms with Gasteiger partial charge in [0, 0.05) is 20.2 Å². The molecule has 31 heavy (non-hydrogen) atoms. The lowest BCUT2D eigenvalue weighted by molar-refractivity contribution is -0.123. The van der Waals surface area contributed by atoms with Crippen molar-refractivity contribution in [2.75, 3.05) is 32.4 Å². The minimum absolute atomic E-state index is 0.0318. The number of hydrogen-bond donors (Lipinski definition) is 3. The molecule has 3 N–H and O–H groups in total. The monoisotopic (exact) mass is 447 g/mol. The molecule has 0 aliphatic rings. The molecule has 0 fully saturated rings. The van der Waals surface area contributed by atoms with Crippen LogP contribution in [0.2, 0.25) is 0 Å². The summed E-state index contributed by atoms with van der Waals surface area (Å²) in [4.78, 5) is 25.4. The van der Waals surface area contributed by atoms with Crippen LogP contribution in [0, 0.1) is 6.92 Å². The fraction of sp³-hybridized carbons (Fsp3) is 0.238. The van der Waals surface area contributed by atoms with Gasteiger partial charge in [0.05, 0.1) is 23.3 Å². The van der Waals surface area contributed by atoms with Crippen molar-refractivity contribution in [2.45, 2.75) is 11.8 Å². The van der Waals surface area contributed by atoms with E-state index < -0.39 is 21.6 Å². The van der Waals surface area contributed by atoms with Crippen molar-refractivity contribution in [3.8, 4) is 5.75 Å². The number of hydrogen-bond acceptors (Lipinski definition) is 7. The van der Waals surface area contributed by atoms with E-state index in [0.29, 0.717) is 16.9 Å². The van der Waals surface area contributed by atoms with Crippen molar-refractivity contribution in [3.05, 3.63) is 59.2 Å². The Morgan fingerprint density at radius 3 is 2.35 bits per heavy atom. The molecule has 0 aliphatic carbocycles. The molecule has 0 unspecified atom stereocenters. The summed E-state index contributed by atoms with van der Waals surface area (Å²) < 4.78 is 30.4. The summed E-state index contributed by atoms with van der Waals surface area (Å²) >= 11 is 0. The zero-order chi connectivity index (χ0) is 23.2. The number of ether oxygens (including phenoxy) is 1. The number of rotatable bonds is 8. The van der Waals surface area contributed by atoms with Gasteiger partial charge in [-0.25, -0.2) is 13.9 Å². The summed E-state index contributed by atoms with van der Waals surface area (Å²) in [5.74, 6) is -0.999. The number of sulfone groups is 1. The van der Waals surface area contributed by atoms with E-state index >= 15 is 0 Å². The van der Waals surface area contributed by atoms with E-state index in [1.165, 1.54) is 42.4 Å². The predicted molar refractivity (Wildman–Crippen MR) is 117 cm³/mol. The minimum Gasteiger partial charge on any atom is -0.497 e. The highest BCUT2D eigenvalue weighted by Crippen LogP contribution is 2.25. The Bertz CT molecular complexity index is 1090. The van der Waals surface area contributed by atoms with Crippen molar-refractivity contribution in [1.82, 2.24) is 10.4 Å². The van der Waals surface area contributed by atoms with Crippen LogP contribution in [-0.2, 0) is 14.6 Å². The number of carbonyl (C=O) groups excluding carboxylic acids is 2. The molecule has 10 heteroatoms. The Hall–Kier alpha value is -3.37. The van der Waals surface area contributed by atoms with Crippen LogP contribution < -0.4 is 15.5 Å². The molecule has 9 nitrogen and oxygen atoms in total. The SMILES string of the molecule is COc1ccc(S(=O)(=O)CNc2c(C)cc(C=CC(=O)N(C)C)cc2C(=O)NO)cc1. The van der Waals surface area contributed by atoms with Gasteiger partial charge in [0.1, 0.15) is 11.6 Å². The maximum atomic E-state index is 12.7. The number of hydroxylamine groups is 1. The standard InChI is InChI=1S/C21H25N3O6S/c1-14-11-15(5-10-19(25)24(2)3)12-18(21(26)23-27)20(14)22-13-31(28,29)17-8-6-16(30-4)7-9-17/h5-12,22,27H,13H2,1-4H3,(H,23,26). The molecule has 0 atom stereocenters. The zero-order valence-corrected chi connectivity index (χ0v) is 18.5. The van der Waals surface area contributed by atoms with E-state index in [1.54, 1.807) is 44.7 Å². The number of carbonyl (C=O) groups is 2. The Kier molecular flexibility index (Phi) is 7.78. The van der Waals surface area contributed by atoms with Gasteiger partial charge in [-0.15, -0.1) is 0 Å². The first-order valence-electron chi connectivity index (χ1n) is 9.18. The maximum Gasteiger partial charge on any atom is 0.276 e. The fourth-order valence-corrected chi connectivity index (χ4v) is 3.79. The molecule has 0 radical (unpaired) electrons. The van der Waals surface area contributed by atoms with E-state index in [0.717, 1.165) is 0 Å². The van der Waals surface area contributed by atoms with E-state index in [4.69, 9.17) is 9.94 Å². The third kappa shape index (κ3) is 6.06. The Morgan fingerprint density at radius 1 is 1.16 bits per heavy atom. The molecule has 0 heterocycles. The van der Waals surface area contributed by atoms with Crippen LogP contribution in [-0.4, -0.2) is 57.4 Å². The second kappa shape index (κ2) is 10.1. The van der Waals surface area contributed by atoms with Gasteiger partial charge in [0.15, 0.2) is 9.84 Å². The molecule has 2 amide bonds. The normalized spacial score (nSPS) is 11.3. The Morgan fingerprint density at radius 2 is 1.81 bits per heavy atom. The number of aryl methyl sites for hydroxylation is 1. The molecular formula is C21H25N3O6S. The van der Waals surface area contributed by atoms with E-state index in [-0.39, 0.29) is 22.1 Å². The third-order valence-corrected chi connectivity index (χ3v) is 5.94. The molecule has 2 aromatic rings. The highest BCUT2D eigenvalue weighted by molar-refractivity contribution is 7.91. The molecule has 2 rings (SSSR count). The topological polar surface area (TPSA) is 125 Å². The average Bonchev–Trinajstić information content (AvgIpc) is 2.75. The van der Waals surface area contributed by atoms with Gasteiger partial charge in [0.25, 0.3) is 5.91 Å². The first-order valence-corrected chi connectivity index (χ1v) is 10.8. The highest BCUT2D eigenvalue weighted by atomic mass is 32.2. The van der Waals surface area contributed by atoms with Crippen LogP contribution in [0.1, 0.15) is 21.5 Å². The van der Waals surface area contributed by atoms with Gasteiger partial charge >= 0.3 is 0 Å². The minimum atomic E-state index is -3.72. The number of benzene rings is 2. The largest absolute Gasteiger partial charge is 0.497 e. The Balaban J connectivity index is 2.34. The number of amides is 2. The number of anilines is 1. The average molecular weight is 448 g/mol. The maximum absolute atomic E-state index is 12.7. The lowest BCUT2D eigenvalue weighted by Gasteiger charge is -2.15. The summed E-state index contributed by atoms with van der Waals surface area (Å²) in [5, 5.41) is 11.9. The number of nitrogens with zero attached hydrogens (tertiary/aromatic N) is 1. The summed E-state index contributed by atoms with van der Waals surface area (Å²) in [6.07, 6.45) is 2.87. The molecule has 0 saturated heterocycles. The molecule has 0 aliphatic heterocycles. The summed E-state index contributed by atoms with van der Waals surface area (Å²) in [5.41, 5.74) is 2.94. The number of likely N-dealkylation sites (N-methyl/N-ethyl adjacent to an activating group) is 1. The van der Waals surface area contributed by atoms with Gasteiger partial charge in [-0.3, -0.25) is 14.8 Å². The van der Waals surface area contributed by atoms with Crippen molar-refractivity contribution in [3.63, 3.8) is 0 Å². The predicted octanol–water partition coefficient (Wildman–Crippen LogP) is 2.07. The van der Waals surface area contributed by atoms with Gasteiger partial charge in [-0.2, -0.15) is 0 Å². The zero-order valence-electron chi connectivity index (χ0n) is 17.7. The fourth-order valence-electron chi connectivity index (χ4n) is 2.74. The lowest BCUT2D eigenvalue weighted by atomic mass is 10.0. The highest BCUT2D eigenvalue weighted by Gasteiger charge is 2.19. The Labute approximate surface area is 181 Å². The van der Waals surface area contributed by atoms with Crippen molar-refractivity contribution >= 4 is 33.4 Å². The summed E-state index contributed by atoms with van der Waals surface area (Å²) in [6, 6.07) is 9.08. The van der Waals surface area contributed by atoms with Crippen LogP contribution in [0.3, 0.4) is 0 Å². The lowest BCUT2D eigenvalue weighted by Crippen LogP contribution is -2.23. The van der Waals surface area contributed by atoms with Crippen molar-refractivity contribution < 1.29 is 28.0 Å². The third-order valence-electron chi connectivity index (χ3n) is 4.42. The van der Waals surface area contributed by atoms with E-state index in [9.17, 15) is 18.0 Å². The van der Waals surface area contributed by atoms with Crippen LogP contribution in [0.15, 0.2) is 47.4 Å². The molecule has 0 spiro atoms. The molecular weight excluding hydrogens is 422 g/mol. The first kappa shape index (κ1) is 23.9. The smallest absolute Gasteiger partial charge is 0.276 e. The molecule has 0 aromatic heterocycles. The first-order chi connectivity index (χ1) is 14.6. The van der Waals surface area contributed by atoms with Crippen LogP contribution >= 0.6 is 0 Å².